The predicted molar refractivity (Wildman–Crippen MR) is 123 cm³/mol. The van der Waals surface area contributed by atoms with E-state index in [1.807, 2.05) is 17.8 Å². The standard InChI is InChI=1S/C19H28BrN5.HI/c1-4-15(11-16-7-6-8-17(20)12-16)13-22-19(21-5-2)23-14-18-9-10-24-25(18)3;/h6-10,12,15H,4-5,11,13-14H2,1-3H3,(H2,21,22,23);1H. The fourth-order valence-corrected chi connectivity index (χ4v) is 3.10. The lowest BCUT2D eigenvalue weighted by Crippen LogP contribution is -2.40. The van der Waals surface area contributed by atoms with Crippen molar-refractivity contribution >= 4 is 45.9 Å². The number of hydrogen-bond acceptors (Lipinski definition) is 2. The van der Waals surface area contributed by atoms with Crippen molar-refractivity contribution in [2.45, 2.75) is 33.2 Å². The smallest absolute Gasteiger partial charge is 0.191 e. The summed E-state index contributed by atoms with van der Waals surface area (Å²) < 4.78 is 2.99. The highest BCUT2D eigenvalue weighted by molar-refractivity contribution is 14.0. The zero-order chi connectivity index (χ0) is 18.1. The largest absolute Gasteiger partial charge is 0.357 e. The second-order valence-corrected chi connectivity index (χ2v) is 7.05. The lowest BCUT2D eigenvalue weighted by molar-refractivity contribution is 0.493. The fourth-order valence-electron chi connectivity index (χ4n) is 2.66. The van der Waals surface area contributed by atoms with Crippen LogP contribution >= 0.6 is 39.9 Å². The molecular formula is C19H29BrIN5. The Morgan fingerprint density at radius 1 is 1.27 bits per heavy atom. The van der Waals surface area contributed by atoms with Crippen LogP contribution in [0.5, 0.6) is 0 Å². The maximum Gasteiger partial charge on any atom is 0.191 e. The molecule has 0 aliphatic carbocycles. The number of hydrogen-bond donors (Lipinski definition) is 2. The first kappa shape index (κ1) is 23.0. The summed E-state index contributed by atoms with van der Waals surface area (Å²) in [7, 11) is 1.94. The minimum Gasteiger partial charge on any atom is -0.357 e. The Labute approximate surface area is 182 Å². The molecular weight excluding hydrogens is 505 g/mol. The van der Waals surface area contributed by atoms with Gasteiger partial charge >= 0.3 is 0 Å². The Kier molecular flexibility index (Phi) is 10.9. The first-order valence-corrected chi connectivity index (χ1v) is 9.65. The summed E-state index contributed by atoms with van der Waals surface area (Å²) in [6.45, 7) is 6.69. The van der Waals surface area contributed by atoms with E-state index in [4.69, 9.17) is 0 Å². The molecule has 0 saturated carbocycles. The highest BCUT2D eigenvalue weighted by atomic mass is 127. The molecule has 0 bridgehead atoms. The molecule has 144 valence electrons. The highest BCUT2D eigenvalue weighted by Gasteiger charge is 2.09. The SMILES string of the molecule is CCNC(=NCc1ccnn1C)NCC(CC)Cc1cccc(Br)c1.I. The van der Waals surface area contributed by atoms with Gasteiger partial charge in [-0.25, -0.2) is 4.99 Å². The molecule has 1 aromatic carbocycles. The van der Waals surface area contributed by atoms with Gasteiger partial charge in [0.1, 0.15) is 0 Å². The normalized spacial score (nSPS) is 12.4. The Morgan fingerprint density at radius 3 is 2.69 bits per heavy atom. The molecule has 0 radical (unpaired) electrons. The monoisotopic (exact) mass is 533 g/mol. The molecule has 0 aliphatic rings. The number of aromatic nitrogens is 2. The van der Waals surface area contributed by atoms with Crippen LogP contribution in [0.1, 0.15) is 31.5 Å². The molecule has 2 aromatic rings. The number of halogens is 2. The highest BCUT2D eigenvalue weighted by Crippen LogP contribution is 2.16. The van der Waals surface area contributed by atoms with Crippen molar-refractivity contribution in [2.24, 2.45) is 18.0 Å². The van der Waals surface area contributed by atoms with Crippen LogP contribution in [0.15, 0.2) is 46.0 Å². The van der Waals surface area contributed by atoms with Gasteiger partial charge in [0.2, 0.25) is 0 Å². The summed E-state index contributed by atoms with van der Waals surface area (Å²) in [5, 5.41) is 11.0. The van der Waals surface area contributed by atoms with Crippen molar-refractivity contribution in [3.63, 3.8) is 0 Å². The van der Waals surface area contributed by atoms with Gasteiger partial charge < -0.3 is 10.6 Å². The van der Waals surface area contributed by atoms with Crippen LogP contribution < -0.4 is 10.6 Å². The summed E-state index contributed by atoms with van der Waals surface area (Å²) in [6, 6.07) is 10.5. The van der Waals surface area contributed by atoms with Crippen molar-refractivity contribution in [2.75, 3.05) is 13.1 Å². The van der Waals surface area contributed by atoms with E-state index in [0.29, 0.717) is 12.5 Å². The number of aliphatic imine (C=N–C) groups is 1. The number of benzene rings is 1. The van der Waals surface area contributed by atoms with Gasteiger partial charge in [0.25, 0.3) is 0 Å². The fraction of sp³-hybridized carbons (Fsp3) is 0.474. The Morgan fingerprint density at radius 2 is 2.08 bits per heavy atom. The van der Waals surface area contributed by atoms with Crippen molar-refractivity contribution in [1.29, 1.82) is 0 Å². The number of aryl methyl sites for hydroxylation is 1. The molecule has 1 heterocycles. The minimum atomic E-state index is 0. The summed E-state index contributed by atoms with van der Waals surface area (Å²) in [6.07, 6.45) is 3.99. The van der Waals surface area contributed by atoms with Crippen LogP contribution in [0.3, 0.4) is 0 Å². The van der Waals surface area contributed by atoms with Crippen LogP contribution in [-0.2, 0) is 20.0 Å². The van der Waals surface area contributed by atoms with Crippen LogP contribution in [0, 0.1) is 5.92 Å². The maximum absolute atomic E-state index is 4.67. The van der Waals surface area contributed by atoms with E-state index in [0.717, 1.165) is 42.1 Å². The Bertz CT molecular complexity index is 686. The molecule has 1 aromatic heterocycles. The third kappa shape index (κ3) is 7.65. The third-order valence-electron chi connectivity index (χ3n) is 4.21. The van der Waals surface area contributed by atoms with E-state index in [1.165, 1.54) is 5.56 Å². The van der Waals surface area contributed by atoms with Gasteiger partial charge in [0.15, 0.2) is 5.96 Å². The molecule has 0 saturated heterocycles. The van der Waals surface area contributed by atoms with E-state index in [1.54, 1.807) is 6.20 Å². The number of nitrogens with zero attached hydrogens (tertiary/aromatic N) is 3. The molecule has 1 unspecified atom stereocenters. The van der Waals surface area contributed by atoms with Gasteiger partial charge in [-0.15, -0.1) is 24.0 Å². The van der Waals surface area contributed by atoms with E-state index in [9.17, 15) is 0 Å². The van der Waals surface area contributed by atoms with E-state index in [2.05, 4.69) is 74.8 Å². The molecule has 0 amide bonds. The molecule has 0 spiro atoms. The Hall–Kier alpha value is -1.09. The maximum atomic E-state index is 4.67. The summed E-state index contributed by atoms with van der Waals surface area (Å²) >= 11 is 3.55. The molecule has 26 heavy (non-hydrogen) atoms. The topological polar surface area (TPSA) is 54.2 Å². The van der Waals surface area contributed by atoms with Gasteiger partial charge in [0, 0.05) is 30.8 Å². The molecule has 7 heteroatoms. The quantitative estimate of drug-likeness (QED) is 0.305. The summed E-state index contributed by atoms with van der Waals surface area (Å²) in [4.78, 5) is 4.67. The first-order chi connectivity index (χ1) is 12.1. The summed E-state index contributed by atoms with van der Waals surface area (Å²) in [5.74, 6) is 1.42. The molecule has 2 rings (SSSR count). The van der Waals surface area contributed by atoms with E-state index >= 15 is 0 Å². The van der Waals surface area contributed by atoms with Gasteiger partial charge in [-0.3, -0.25) is 4.68 Å². The van der Waals surface area contributed by atoms with Gasteiger partial charge in [-0.05, 0) is 43.0 Å². The van der Waals surface area contributed by atoms with Crippen LogP contribution in [0.4, 0.5) is 0 Å². The van der Waals surface area contributed by atoms with Gasteiger partial charge in [0.05, 0.1) is 12.2 Å². The van der Waals surface area contributed by atoms with Crippen molar-refractivity contribution in [3.8, 4) is 0 Å². The molecule has 2 N–H and O–H groups in total. The van der Waals surface area contributed by atoms with Gasteiger partial charge in [-0.2, -0.15) is 5.10 Å². The first-order valence-electron chi connectivity index (χ1n) is 8.85. The second-order valence-electron chi connectivity index (χ2n) is 6.13. The average molecular weight is 534 g/mol. The van der Waals surface area contributed by atoms with Crippen molar-refractivity contribution < 1.29 is 0 Å². The average Bonchev–Trinajstić information content (AvgIpc) is 3.01. The molecule has 1 atom stereocenters. The molecule has 5 nitrogen and oxygen atoms in total. The van der Waals surface area contributed by atoms with E-state index in [-0.39, 0.29) is 24.0 Å². The molecule has 0 fully saturated rings. The second kappa shape index (κ2) is 12.3. The number of rotatable bonds is 8. The van der Waals surface area contributed by atoms with Crippen LogP contribution in [-0.4, -0.2) is 28.8 Å². The van der Waals surface area contributed by atoms with E-state index < -0.39 is 0 Å². The van der Waals surface area contributed by atoms with Crippen LogP contribution in [0.25, 0.3) is 0 Å². The lowest BCUT2D eigenvalue weighted by atomic mass is 9.97. The number of guanidine groups is 1. The van der Waals surface area contributed by atoms with Crippen molar-refractivity contribution in [3.05, 3.63) is 52.3 Å². The number of nitrogens with one attached hydrogen (secondary N) is 2. The lowest BCUT2D eigenvalue weighted by Gasteiger charge is -2.18. The van der Waals surface area contributed by atoms with Crippen LogP contribution in [0.2, 0.25) is 0 Å². The van der Waals surface area contributed by atoms with Crippen molar-refractivity contribution in [1.82, 2.24) is 20.4 Å². The minimum absolute atomic E-state index is 0. The van der Waals surface area contributed by atoms with Gasteiger partial charge in [-0.1, -0.05) is 41.4 Å². The zero-order valence-electron chi connectivity index (χ0n) is 15.7. The molecule has 0 aliphatic heterocycles. The third-order valence-corrected chi connectivity index (χ3v) is 4.71. The predicted octanol–water partition coefficient (Wildman–Crippen LogP) is 4.12. The Balaban J connectivity index is 0.00000338. The zero-order valence-corrected chi connectivity index (χ0v) is 19.6. The summed E-state index contributed by atoms with van der Waals surface area (Å²) in [5.41, 5.74) is 2.46.